The van der Waals surface area contributed by atoms with Crippen LogP contribution in [0.4, 0.5) is 0 Å². The van der Waals surface area contributed by atoms with Gasteiger partial charge in [0.1, 0.15) is 0 Å². The van der Waals surface area contributed by atoms with E-state index in [1.165, 1.54) is 0 Å². The quantitative estimate of drug-likeness (QED) is 0.750. The smallest absolute Gasteiger partial charge is 0.167 e. The fourth-order valence-electron chi connectivity index (χ4n) is 1.22. The molecule has 13 heavy (non-hydrogen) atoms. The third-order valence-electron chi connectivity index (χ3n) is 1.79. The lowest BCUT2D eigenvalue weighted by Gasteiger charge is -2.12. The minimum absolute atomic E-state index is 0.266. The summed E-state index contributed by atoms with van der Waals surface area (Å²) in [4.78, 5) is 4.25. The molecule has 3 nitrogen and oxygen atoms in total. The van der Waals surface area contributed by atoms with Gasteiger partial charge in [0, 0.05) is 30.7 Å². The summed E-state index contributed by atoms with van der Waals surface area (Å²) >= 11 is 1.78. The average molecular weight is 199 g/mol. The van der Waals surface area contributed by atoms with Gasteiger partial charge in [-0.1, -0.05) is 18.7 Å². The van der Waals surface area contributed by atoms with Crippen molar-refractivity contribution in [1.82, 2.24) is 9.55 Å². The molecule has 2 atom stereocenters. The monoisotopic (exact) mass is 199 g/mol. The van der Waals surface area contributed by atoms with Crippen molar-refractivity contribution in [3.63, 3.8) is 0 Å². The molecule has 2 N–H and O–H groups in total. The normalized spacial score (nSPS) is 15.7. The van der Waals surface area contributed by atoms with E-state index in [0.29, 0.717) is 5.25 Å². The number of nitrogens with zero attached hydrogens (tertiary/aromatic N) is 2. The highest BCUT2D eigenvalue weighted by molar-refractivity contribution is 7.99. The highest BCUT2D eigenvalue weighted by Gasteiger charge is 2.09. The van der Waals surface area contributed by atoms with E-state index in [1.807, 2.05) is 30.9 Å². The van der Waals surface area contributed by atoms with Gasteiger partial charge < -0.3 is 10.3 Å². The van der Waals surface area contributed by atoms with Gasteiger partial charge in [-0.2, -0.15) is 0 Å². The second-order valence-corrected chi connectivity index (χ2v) is 4.87. The zero-order chi connectivity index (χ0) is 9.84. The summed E-state index contributed by atoms with van der Waals surface area (Å²) in [5, 5.41) is 1.59. The van der Waals surface area contributed by atoms with Crippen LogP contribution < -0.4 is 5.73 Å². The van der Waals surface area contributed by atoms with Gasteiger partial charge in [-0.25, -0.2) is 4.98 Å². The lowest BCUT2D eigenvalue weighted by molar-refractivity contribution is 0.659. The fraction of sp³-hybridized carbons (Fsp3) is 0.667. The number of aromatic nitrogens is 2. The van der Waals surface area contributed by atoms with E-state index in [-0.39, 0.29) is 6.04 Å². The number of hydrogen-bond acceptors (Lipinski definition) is 3. The highest BCUT2D eigenvalue weighted by Crippen LogP contribution is 2.23. The number of thioether (sulfide) groups is 1. The molecule has 1 aromatic rings. The lowest BCUT2D eigenvalue weighted by atomic mass is 10.2. The molecule has 1 heterocycles. The van der Waals surface area contributed by atoms with Crippen molar-refractivity contribution in [2.75, 3.05) is 0 Å². The molecule has 0 aromatic carbocycles. The molecule has 0 bridgehead atoms. The summed E-state index contributed by atoms with van der Waals surface area (Å²) in [5.74, 6) is 0. The van der Waals surface area contributed by atoms with E-state index in [9.17, 15) is 0 Å². The van der Waals surface area contributed by atoms with E-state index < -0.39 is 0 Å². The Morgan fingerprint density at radius 2 is 2.31 bits per heavy atom. The molecule has 0 saturated heterocycles. The molecule has 0 spiro atoms. The first-order chi connectivity index (χ1) is 6.09. The summed E-state index contributed by atoms with van der Waals surface area (Å²) in [6.45, 7) is 4.22. The molecule has 1 aromatic heterocycles. The predicted octanol–water partition coefficient (Wildman–Crippen LogP) is 1.64. The van der Waals surface area contributed by atoms with E-state index in [1.54, 1.807) is 11.8 Å². The van der Waals surface area contributed by atoms with Crippen molar-refractivity contribution >= 4 is 11.8 Å². The summed E-state index contributed by atoms with van der Waals surface area (Å²) in [6.07, 6.45) is 4.80. The van der Waals surface area contributed by atoms with Crippen LogP contribution in [0, 0.1) is 0 Å². The first kappa shape index (κ1) is 10.6. The molecular weight excluding hydrogens is 182 g/mol. The second-order valence-electron chi connectivity index (χ2n) is 3.46. The van der Waals surface area contributed by atoms with E-state index in [4.69, 9.17) is 5.73 Å². The molecule has 0 aliphatic heterocycles. The number of nitrogens with two attached hydrogens (primary N) is 1. The van der Waals surface area contributed by atoms with E-state index in [2.05, 4.69) is 11.9 Å². The molecule has 0 fully saturated rings. The Bertz CT molecular complexity index is 257. The molecule has 0 amide bonds. The second kappa shape index (κ2) is 4.67. The number of rotatable bonds is 4. The van der Waals surface area contributed by atoms with Crippen LogP contribution in [0.5, 0.6) is 0 Å². The maximum Gasteiger partial charge on any atom is 0.167 e. The van der Waals surface area contributed by atoms with Crippen LogP contribution in [0.2, 0.25) is 0 Å². The van der Waals surface area contributed by atoms with Crippen molar-refractivity contribution in [2.45, 2.75) is 36.7 Å². The zero-order valence-electron chi connectivity index (χ0n) is 8.40. The zero-order valence-corrected chi connectivity index (χ0v) is 9.21. The Balaban J connectivity index is 2.45. The number of hydrogen-bond donors (Lipinski definition) is 1. The van der Waals surface area contributed by atoms with Crippen LogP contribution in [0.1, 0.15) is 20.3 Å². The molecule has 0 aliphatic rings. The minimum atomic E-state index is 0.266. The average Bonchev–Trinajstić information content (AvgIpc) is 2.34. The van der Waals surface area contributed by atoms with Gasteiger partial charge in [0.2, 0.25) is 0 Å². The molecule has 2 unspecified atom stereocenters. The van der Waals surface area contributed by atoms with Gasteiger partial charge in [-0.15, -0.1) is 0 Å². The minimum Gasteiger partial charge on any atom is -0.329 e. The maximum absolute atomic E-state index is 5.72. The summed E-state index contributed by atoms with van der Waals surface area (Å²) in [6, 6.07) is 0.266. The SMILES string of the molecule is CC(N)CC(C)Sc1nccn1C. The van der Waals surface area contributed by atoms with Crippen molar-refractivity contribution in [3.05, 3.63) is 12.4 Å². The molecule has 4 heteroatoms. The Hall–Kier alpha value is -0.480. The topological polar surface area (TPSA) is 43.8 Å². The Morgan fingerprint density at radius 1 is 1.62 bits per heavy atom. The van der Waals surface area contributed by atoms with Gasteiger partial charge in [0.15, 0.2) is 5.16 Å². The van der Waals surface area contributed by atoms with Crippen LogP contribution in [0.25, 0.3) is 0 Å². The van der Waals surface area contributed by atoms with Crippen LogP contribution >= 0.6 is 11.8 Å². The van der Waals surface area contributed by atoms with Crippen molar-refractivity contribution in [1.29, 1.82) is 0 Å². The molecule has 1 rings (SSSR count). The van der Waals surface area contributed by atoms with Crippen LogP contribution in [-0.2, 0) is 7.05 Å². The molecule has 0 radical (unpaired) electrons. The Morgan fingerprint density at radius 3 is 2.77 bits per heavy atom. The predicted molar refractivity (Wildman–Crippen MR) is 56.8 cm³/mol. The standard InChI is InChI=1S/C9H17N3S/c1-7(10)6-8(2)13-9-11-4-5-12(9)3/h4-5,7-8H,6,10H2,1-3H3. The van der Waals surface area contributed by atoms with Crippen molar-refractivity contribution in [2.24, 2.45) is 12.8 Å². The molecule has 0 aliphatic carbocycles. The third-order valence-corrected chi connectivity index (χ3v) is 2.99. The maximum atomic E-state index is 5.72. The van der Waals surface area contributed by atoms with Gasteiger partial charge in [-0.3, -0.25) is 0 Å². The number of imidazole rings is 1. The van der Waals surface area contributed by atoms with Gasteiger partial charge in [0.05, 0.1) is 0 Å². The van der Waals surface area contributed by atoms with Gasteiger partial charge in [0.25, 0.3) is 0 Å². The van der Waals surface area contributed by atoms with Crippen LogP contribution in [0.3, 0.4) is 0 Å². The third kappa shape index (κ3) is 3.40. The van der Waals surface area contributed by atoms with Crippen LogP contribution in [-0.4, -0.2) is 20.8 Å². The summed E-state index contributed by atoms with van der Waals surface area (Å²) < 4.78 is 2.03. The molecule has 0 saturated carbocycles. The van der Waals surface area contributed by atoms with E-state index >= 15 is 0 Å². The Labute approximate surface area is 83.7 Å². The lowest BCUT2D eigenvalue weighted by Crippen LogP contribution is -2.19. The summed E-state index contributed by atoms with van der Waals surface area (Å²) in [7, 11) is 2.01. The first-order valence-electron chi connectivity index (χ1n) is 4.49. The number of aryl methyl sites for hydroxylation is 1. The van der Waals surface area contributed by atoms with Gasteiger partial charge in [-0.05, 0) is 13.3 Å². The first-order valence-corrected chi connectivity index (χ1v) is 5.37. The van der Waals surface area contributed by atoms with Crippen LogP contribution in [0.15, 0.2) is 17.6 Å². The van der Waals surface area contributed by atoms with E-state index in [0.717, 1.165) is 11.6 Å². The highest BCUT2D eigenvalue weighted by atomic mass is 32.2. The molecule has 74 valence electrons. The fourth-order valence-corrected chi connectivity index (χ4v) is 2.33. The summed E-state index contributed by atoms with van der Waals surface area (Å²) in [5.41, 5.74) is 5.72. The largest absolute Gasteiger partial charge is 0.329 e. The Kier molecular flexibility index (Phi) is 3.81. The van der Waals surface area contributed by atoms with Crippen molar-refractivity contribution < 1.29 is 0 Å². The van der Waals surface area contributed by atoms with Gasteiger partial charge >= 0.3 is 0 Å². The molecular formula is C9H17N3S. The van der Waals surface area contributed by atoms with Crippen molar-refractivity contribution in [3.8, 4) is 0 Å².